The van der Waals surface area contributed by atoms with Crippen LogP contribution >= 0.6 is 0 Å². The van der Waals surface area contributed by atoms with Gasteiger partial charge in [-0.05, 0) is 39.3 Å². The Morgan fingerprint density at radius 1 is 1.30 bits per heavy atom. The summed E-state index contributed by atoms with van der Waals surface area (Å²) in [5.41, 5.74) is 0. The molecule has 1 rings (SSSR count). The molecule has 0 N–H and O–H groups in total. The highest BCUT2D eigenvalue weighted by molar-refractivity contribution is 4.71. The van der Waals surface area contributed by atoms with Crippen molar-refractivity contribution in [3.8, 4) is 0 Å². The summed E-state index contributed by atoms with van der Waals surface area (Å²) in [5, 5.41) is 0. The number of hydrogen-bond donors (Lipinski definition) is 0. The van der Waals surface area contributed by atoms with Gasteiger partial charge >= 0.3 is 0 Å². The molecule has 0 bridgehead atoms. The molecule has 1 heterocycles. The number of hydrogen-bond acceptors (Lipinski definition) is 1. The Labute approximate surface area is 62.8 Å². The van der Waals surface area contributed by atoms with Crippen LogP contribution in [-0.4, -0.2) is 24.0 Å². The fraction of sp³-hybridized carbons (Fsp3) is 1.00. The number of nitrogens with zero attached hydrogens (tertiary/aromatic N) is 1. The summed E-state index contributed by atoms with van der Waals surface area (Å²) < 4.78 is 0. The lowest BCUT2D eigenvalue weighted by molar-refractivity contribution is 0.253. The van der Waals surface area contributed by atoms with E-state index in [9.17, 15) is 0 Å². The molecule has 1 nitrogen and oxygen atoms in total. The third-order valence-electron chi connectivity index (χ3n) is 2.35. The highest BCUT2D eigenvalue weighted by atomic mass is 19.0. The van der Waals surface area contributed by atoms with E-state index in [0.29, 0.717) is 0 Å². The van der Waals surface area contributed by atoms with Crippen LogP contribution in [0.4, 0.5) is 4.70 Å². The molecule has 0 aromatic rings. The zero-order valence-corrected chi connectivity index (χ0v) is 6.97. The van der Waals surface area contributed by atoms with E-state index in [-0.39, 0.29) is 4.70 Å². The first kappa shape index (κ1) is 9.89. The maximum atomic E-state index is 2.58. The van der Waals surface area contributed by atoms with Crippen LogP contribution < -0.4 is 0 Å². The van der Waals surface area contributed by atoms with Gasteiger partial charge < -0.3 is 4.90 Å². The molecule has 0 aromatic heterocycles. The van der Waals surface area contributed by atoms with Gasteiger partial charge in [-0.3, -0.25) is 4.70 Å². The van der Waals surface area contributed by atoms with Crippen LogP contribution in [0.5, 0.6) is 0 Å². The van der Waals surface area contributed by atoms with Crippen LogP contribution in [-0.2, 0) is 0 Å². The molecule has 0 aromatic carbocycles. The number of rotatable bonds is 2. The smallest absolute Gasteiger partial charge is 0.00643 e. The molecule has 1 atom stereocenters. The van der Waals surface area contributed by atoms with Gasteiger partial charge in [-0.15, -0.1) is 0 Å². The van der Waals surface area contributed by atoms with E-state index in [2.05, 4.69) is 18.7 Å². The molecule has 0 amide bonds. The first-order valence-electron chi connectivity index (χ1n) is 4.08. The Kier molecular flexibility index (Phi) is 4.62. The molecule has 62 valence electrons. The molecule has 10 heavy (non-hydrogen) atoms. The second-order valence-corrected chi connectivity index (χ2v) is 3.00. The summed E-state index contributed by atoms with van der Waals surface area (Å²) in [6.07, 6.45) is 4.15. The minimum absolute atomic E-state index is 0. The average molecular weight is 147 g/mol. The predicted octanol–water partition coefficient (Wildman–Crippen LogP) is 2.03. The highest BCUT2D eigenvalue weighted by Gasteiger charge is 2.15. The minimum atomic E-state index is 0. The van der Waals surface area contributed by atoms with Gasteiger partial charge in [-0.2, -0.15) is 0 Å². The van der Waals surface area contributed by atoms with E-state index < -0.39 is 0 Å². The van der Waals surface area contributed by atoms with Gasteiger partial charge in [0.15, 0.2) is 0 Å². The van der Waals surface area contributed by atoms with Crippen LogP contribution in [0.15, 0.2) is 0 Å². The second kappa shape index (κ2) is 4.67. The number of halogens is 1. The molecule has 0 saturated carbocycles. The third kappa shape index (κ3) is 2.25. The Balaban J connectivity index is 0.000000810. The van der Waals surface area contributed by atoms with Crippen LogP contribution in [0.25, 0.3) is 0 Å². The minimum Gasteiger partial charge on any atom is -0.301 e. The van der Waals surface area contributed by atoms with E-state index >= 15 is 0 Å². The first-order valence-corrected chi connectivity index (χ1v) is 4.08. The summed E-state index contributed by atoms with van der Waals surface area (Å²) in [6.45, 7) is 7.28. The van der Waals surface area contributed by atoms with E-state index in [1.165, 1.54) is 32.4 Å². The third-order valence-corrected chi connectivity index (χ3v) is 2.35. The van der Waals surface area contributed by atoms with Crippen molar-refractivity contribution in [3.63, 3.8) is 0 Å². The van der Waals surface area contributed by atoms with E-state index in [1.54, 1.807) is 0 Å². The lowest BCUT2D eigenvalue weighted by Gasteiger charge is -2.21. The Hall–Kier alpha value is -0.110. The van der Waals surface area contributed by atoms with Gasteiger partial charge in [0.1, 0.15) is 0 Å². The van der Waals surface area contributed by atoms with Crippen molar-refractivity contribution in [1.29, 1.82) is 0 Å². The van der Waals surface area contributed by atoms with Gasteiger partial charge in [0.25, 0.3) is 0 Å². The largest absolute Gasteiger partial charge is 0.301 e. The van der Waals surface area contributed by atoms with Crippen molar-refractivity contribution in [2.75, 3.05) is 13.1 Å². The molecule has 0 radical (unpaired) electrons. The van der Waals surface area contributed by atoms with Gasteiger partial charge in [0, 0.05) is 6.04 Å². The molecule has 1 fully saturated rings. The average Bonchev–Trinajstić information content (AvgIpc) is 2.37. The lowest BCUT2D eigenvalue weighted by Crippen LogP contribution is -2.29. The molecule has 2 heteroatoms. The zero-order chi connectivity index (χ0) is 6.69. The Morgan fingerprint density at radius 3 is 2.20 bits per heavy atom. The Morgan fingerprint density at radius 2 is 1.80 bits per heavy atom. The summed E-state index contributed by atoms with van der Waals surface area (Å²) in [6, 6.07) is 0.826. The van der Waals surface area contributed by atoms with Crippen LogP contribution in [0.1, 0.15) is 33.1 Å². The van der Waals surface area contributed by atoms with Gasteiger partial charge in [0.2, 0.25) is 0 Å². The summed E-state index contributed by atoms with van der Waals surface area (Å²) in [4.78, 5) is 2.58. The second-order valence-electron chi connectivity index (χ2n) is 3.00. The van der Waals surface area contributed by atoms with Crippen LogP contribution in [0.2, 0.25) is 0 Å². The SMILES string of the molecule is CCC(C)N1CCCC1.F. The van der Waals surface area contributed by atoms with E-state index in [0.717, 1.165) is 6.04 Å². The van der Waals surface area contributed by atoms with Gasteiger partial charge in [-0.1, -0.05) is 6.92 Å². The van der Waals surface area contributed by atoms with Crippen molar-refractivity contribution in [1.82, 2.24) is 4.90 Å². The summed E-state index contributed by atoms with van der Waals surface area (Å²) in [7, 11) is 0. The molecule has 1 saturated heterocycles. The van der Waals surface area contributed by atoms with Crippen LogP contribution in [0, 0.1) is 0 Å². The Bertz CT molecular complexity index is 79.3. The zero-order valence-electron chi connectivity index (χ0n) is 6.97. The van der Waals surface area contributed by atoms with Crippen molar-refractivity contribution in [2.24, 2.45) is 0 Å². The molecular formula is C8H18FN. The maximum absolute atomic E-state index is 2.58. The van der Waals surface area contributed by atoms with Gasteiger partial charge in [0.05, 0.1) is 0 Å². The molecule has 0 aliphatic carbocycles. The van der Waals surface area contributed by atoms with Crippen molar-refractivity contribution in [2.45, 2.75) is 39.2 Å². The lowest BCUT2D eigenvalue weighted by atomic mass is 10.2. The van der Waals surface area contributed by atoms with Crippen molar-refractivity contribution >= 4 is 0 Å². The molecule has 1 aliphatic heterocycles. The van der Waals surface area contributed by atoms with Crippen molar-refractivity contribution in [3.05, 3.63) is 0 Å². The number of likely N-dealkylation sites (tertiary alicyclic amines) is 1. The maximum Gasteiger partial charge on any atom is 0.00643 e. The fourth-order valence-corrected chi connectivity index (χ4v) is 1.44. The normalized spacial score (nSPS) is 22.2. The molecular weight excluding hydrogens is 129 g/mol. The quantitative estimate of drug-likeness (QED) is 0.577. The first-order chi connectivity index (χ1) is 4.34. The van der Waals surface area contributed by atoms with Gasteiger partial charge in [-0.25, -0.2) is 0 Å². The molecule has 0 spiro atoms. The molecule has 1 unspecified atom stereocenters. The van der Waals surface area contributed by atoms with E-state index in [1.807, 2.05) is 0 Å². The standard InChI is InChI=1S/C8H17N.FH/c1-3-8(2)9-6-4-5-7-9;/h8H,3-7H2,1-2H3;1H. The summed E-state index contributed by atoms with van der Waals surface area (Å²) >= 11 is 0. The van der Waals surface area contributed by atoms with Crippen LogP contribution in [0.3, 0.4) is 0 Å². The fourth-order valence-electron chi connectivity index (χ4n) is 1.44. The van der Waals surface area contributed by atoms with E-state index in [4.69, 9.17) is 0 Å². The topological polar surface area (TPSA) is 3.24 Å². The summed E-state index contributed by atoms with van der Waals surface area (Å²) in [5.74, 6) is 0. The monoisotopic (exact) mass is 147 g/mol. The highest BCUT2D eigenvalue weighted by Crippen LogP contribution is 2.12. The van der Waals surface area contributed by atoms with Crippen molar-refractivity contribution < 1.29 is 4.70 Å². The molecule has 1 aliphatic rings. The predicted molar refractivity (Wildman–Crippen MR) is 43.1 cm³/mol.